The van der Waals surface area contributed by atoms with Crippen molar-refractivity contribution in [3.8, 4) is 0 Å². The number of pyridine rings is 2. The number of nitrogens with two attached hydrogens (primary N) is 1. The molecule has 5 nitrogen and oxygen atoms in total. The van der Waals surface area contributed by atoms with Crippen LogP contribution in [-0.4, -0.2) is 37.3 Å². The Labute approximate surface area is 132 Å². The average Bonchev–Trinajstić information content (AvgIpc) is 2.50. The average molecular weight is 300 g/mol. The largest absolute Gasteiger partial charge is 0.384 e. The zero-order valence-corrected chi connectivity index (χ0v) is 13.5. The van der Waals surface area contributed by atoms with Crippen LogP contribution in [0.3, 0.4) is 0 Å². The number of nitrogens with zero attached hydrogens (tertiary/aromatic N) is 3. The second-order valence-corrected chi connectivity index (χ2v) is 5.53. The van der Waals surface area contributed by atoms with Crippen LogP contribution in [0.2, 0.25) is 0 Å². The van der Waals surface area contributed by atoms with E-state index < -0.39 is 0 Å². The van der Waals surface area contributed by atoms with Gasteiger partial charge < -0.3 is 15.4 Å². The van der Waals surface area contributed by atoms with E-state index in [-0.39, 0.29) is 0 Å². The molecule has 2 aromatic heterocycles. The minimum absolute atomic E-state index is 0.584. The molecule has 22 heavy (non-hydrogen) atoms. The normalized spacial score (nSPS) is 10.7. The van der Waals surface area contributed by atoms with Crippen molar-refractivity contribution in [1.82, 2.24) is 9.97 Å². The Bertz CT molecular complexity index is 595. The lowest BCUT2D eigenvalue weighted by molar-refractivity contribution is 0.206. The molecule has 0 aliphatic heterocycles. The van der Waals surface area contributed by atoms with Crippen LogP contribution in [0, 0.1) is 6.92 Å². The highest BCUT2D eigenvalue weighted by Crippen LogP contribution is 2.15. The van der Waals surface area contributed by atoms with E-state index >= 15 is 0 Å². The molecule has 5 heteroatoms. The van der Waals surface area contributed by atoms with Crippen LogP contribution in [-0.2, 0) is 17.6 Å². The molecule has 0 amide bonds. The topological polar surface area (TPSA) is 64.3 Å². The van der Waals surface area contributed by atoms with Crippen molar-refractivity contribution in [1.29, 1.82) is 0 Å². The summed E-state index contributed by atoms with van der Waals surface area (Å²) < 4.78 is 5.11. The summed E-state index contributed by atoms with van der Waals surface area (Å²) in [6, 6.07) is 6.14. The van der Waals surface area contributed by atoms with Crippen LogP contribution >= 0.6 is 0 Å². The zero-order chi connectivity index (χ0) is 15.9. The van der Waals surface area contributed by atoms with Gasteiger partial charge in [-0.3, -0.25) is 4.98 Å². The van der Waals surface area contributed by atoms with Crippen molar-refractivity contribution in [3.63, 3.8) is 0 Å². The lowest BCUT2D eigenvalue weighted by Crippen LogP contribution is -2.22. The third-order valence-electron chi connectivity index (χ3n) is 3.56. The number of aryl methyl sites for hydroxylation is 3. The Morgan fingerprint density at radius 3 is 2.73 bits per heavy atom. The molecule has 0 atom stereocenters. The first-order valence-electron chi connectivity index (χ1n) is 7.45. The van der Waals surface area contributed by atoms with Gasteiger partial charge in [-0.15, -0.1) is 0 Å². The predicted molar refractivity (Wildman–Crippen MR) is 90.2 cm³/mol. The summed E-state index contributed by atoms with van der Waals surface area (Å²) in [5.41, 5.74) is 10.3. The van der Waals surface area contributed by atoms with Gasteiger partial charge in [-0.1, -0.05) is 0 Å². The SMILES string of the molecule is COCCN(C)c1cncc(CCc2cc(C)cc(N)n2)c1. The number of rotatable bonds is 7. The van der Waals surface area contributed by atoms with Crippen LogP contribution in [0.25, 0.3) is 0 Å². The molecule has 0 aliphatic rings. The van der Waals surface area contributed by atoms with E-state index in [0.717, 1.165) is 36.3 Å². The van der Waals surface area contributed by atoms with Crippen molar-refractivity contribution >= 4 is 11.5 Å². The molecule has 0 aliphatic carbocycles. The second-order valence-electron chi connectivity index (χ2n) is 5.53. The van der Waals surface area contributed by atoms with E-state index in [1.165, 1.54) is 5.56 Å². The zero-order valence-electron chi connectivity index (χ0n) is 13.5. The molecular formula is C17H24N4O. The molecule has 0 saturated carbocycles. The van der Waals surface area contributed by atoms with Gasteiger partial charge in [-0.25, -0.2) is 4.98 Å². The molecule has 0 bridgehead atoms. The van der Waals surface area contributed by atoms with E-state index in [1.807, 2.05) is 32.4 Å². The number of anilines is 2. The number of hydrogen-bond acceptors (Lipinski definition) is 5. The number of ether oxygens (including phenoxy) is 1. The second kappa shape index (κ2) is 7.75. The molecule has 2 N–H and O–H groups in total. The third-order valence-corrected chi connectivity index (χ3v) is 3.56. The first-order valence-corrected chi connectivity index (χ1v) is 7.45. The van der Waals surface area contributed by atoms with Crippen LogP contribution in [0.5, 0.6) is 0 Å². The number of methoxy groups -OCH3 is 1. The Hall–Kier alpha value is -2.14. The summed E-state index contributed by atoms with van der Waals surface area (Å²) in [4.78, 5) is 10.9. The van der Waals surface area contributed by atoms with Crippen LogP contribution in [0.1, 0.15) is 16.8 Å². The van der Waals surface area contributed by atoms with Crippen LogP contribution in [0.15, 0.2) is 30.6 Å². The lowest BCUT2D eigenvalue weighted by atomic mass is 10.1. The molecule has 118 valence electrons. The van der Waals surface area contributed by atoms with Gasteiger partial charge in [0.1, 0.15) is 5.82 Å². The van der Waals surface area contributed by atoms with Gasteiger partial charge in [0.05, 0.1) is 18.5 Å². The monoisotopic (exact) mass is 300 g/mol. The molecule has 0 spiro atoms. The number of aromatic nitrogens is 2. The molecular weight excluding hydrogens is 276 g/mol. The fourth-order valence-electron chi connectivity index (χ4n) is 2.35. The van der Waals surface area contributed by atoms with Gasteiger partial charge in [-0.2, -0.15) is 0 Å². The molecule has 0 saturated heterocycles. The maximum Gasteiger partial charge on any atom is 0.123 e. The van der Waals surface area contributed by atoms with E-state index in [2.05, 4.69) is 27.0 Å². The fourth-order valence-corrected chi connectivity index (χ4v) is 2.35. The number of hydrogen-bond donors (Lipinski definition) is 1. The minimum Gasteiger partial charge on any atom is -0.384 e. The van der Waals surface area contributed by atoms with Crippen molar-refractivity contribution in [2.45, 2.75) is 19.8 Å². The Balaban J connectivity index is 2.01. The predicted octanol–water partition coefficient (Wildman–Crippen LogP) is 2.24. The summed E-state index contributed by atoms with van der Waals surface area (Å²) in [6.45, 7) is 3.58. The van der Waals surface area contributed by atoms with Crippen molar-refractivity contribution in [2.75, 3.05) is 37.9 Å². The number of nitrogen functional groups attached to an aromatic ring is 1. The van der Waals surface area contributed by atoms with E-state index in [9.17, 15) is 0 Å². The lowest BCUT2D eigenvalue weighted by Gasteiger charge is -2.19. The van der Waals surface area contributed by atoms with E-state index in [0.29, 0.717) is 12.4 Å². The fraction of sp³-hybridized carbons (Fsp3) is 0.412. The molecule has 0 unspecified atom stereocenters. The van der Waals surface area contributed by atoms with Gasteiger partial charge in [0.25, 0.3) is 0 Å². The summed E-state index contributed by atoms with van der Waals surface area (Å²) in [7, 11) is 3.76. The van der Waals surface area contributed by atoms with Crippen LogP contribution in [0.4, 0.5) is 11.5 Å². The van der Waals surface area contributed by atoms with Crippen molar-refractivity contribution in [2.24, 2.45) is 0 Å². The van der Waals surface area contributed by atoms with Crippen molar-refractivity contribution in [3.05, 3.63) is 47.4 Å². The Morgan fingerprint density at radius 1 is 1.18 bits per heavy atom. The quantitative estimate of drug-likeness (QED) is 0.849. The summed E-state index contributed by atoms with van der Waals surface area (Å²) in [5.74, 6) is 0.584. The van der Waals surface area contributed by atoms with Gasteiger partial charge >= 0.3 is 0 Å². The first-order chi connectivity index (χ1) is 10.6. The van der Waals surface area contributed by atoms with Gasteiger partial charge in [0.2, 0.25) is 0 Å². The minimum atomic E-state index is 0.584. The molecule has 2 aromatic rings. The highest BCUT2D eigenvalue weighted by atomic mass is 16.5. The summed E-state index contributed by atoms with van der Waals surface area (Å²) >= 11 is 0. The van der Waals surface area contributed by atoms with Gasteiger partial charge in [0.15, 0.2) is 0 Å². The smallest absolute Gasteiger partial charge is 0.123 e. The standard InChI is InChI=1S/C17H24N4O/c1-13-8-15(20-17(18)9-13)5-4-14-10-16(12-19-11-14)21(2)6-7-22-3/h8-12H,4-7H2,1-3H3,(H2,18,20). The molecule has 0 aromatic carbocycles. The molecule has 2 heterocycles. The highest BCUT2D eigenvalue weighted by Gasteiger charge is 2.04. The molecule has 0 fully saturated rings. The number of likely N-dealkylation sites (N-methyl/N-ethyl adjacent to an activating group) is 1. The maximum absolute atomic E-state index is 5.80. The van der Waals surface area contributed by atoms with Gasteiger partial charge in [-0.05, 0) is 49.1 Å². The van der Waals surface area contributed by atoms with E-state index in [4.69, 9.17) is 10.5 Å². The third kappa shape index (κ3) is 4.70. The van der Waals surface area contributed by atoms with Crippen molar-refractivity contribution < 1.29 is 4.74 Å². The van der Waals surface area contributed by atoms with Crippen LogP contribution < -0.4 is 10.6 Å². The molecule has 2 rings (SSSR count). The summed E-state index contributed by atoms with van der Waals surface area (Å²) in [6.07, 6.45) is 5.54. The van der Waals surface area contributed by atoms with E-state index in [1.54, 1.807) is 7.11 Å². The van der Waals surface area contributed by atoms with Gasteiger partial charge in [0, 0.05) is 32.6 Å². The highest BCUT2D eigenvalue weighted by molar-refractivity contribution is 5.45. The first kappa shape index (κ1) is 16.2. The Kier molecular flexibility index (Phi) is 5.72. The summed E-state index contributed by atoms with van der Waals surface area (Å²) in [5, 5.41) is 0. The Morgan fingerprint density at radius 2 is 2.00 bits per heavy atom. The molecule has 0 radical (unpaired) electrons. The maximum atomic E-state index is 5.80.